The van der Waals surface area contributed by atoms with Crippen molar-refractivity contribution in [2.24, 2.45) is 10.8 Å². The monoisotopic (exact) mass is 352 g/mol. The van der Waals surface area contributed by atoms with Crippen LogP contribution >= 0.6 is 0 Å². The zero-order valence-corrected chi connectivity index (χ0v) is 14.2. The van der Waals surface area contributed by atoms with Crippen LogP contribution in [0.1, 0.15) is 36.6 Å². The van der Waals surface area contributed by atoms with Crippen molar-refractivity contribution in [3.05, 3.63) is 54.0 Å². The van der Waals surface area contributed by atoms with Crippen molar-refractivity contribution in [2.45, 2.75) is 37.8 Å². The Bertz CT molecular complexity index is 859. The Balaban J connectivity index is 1.54. The highest BCUT2D eigenvalue weighted by atomic mass is 16.3. The van der Waals surface area contributed by atoms with E-state index in [4.69, 9.17) is 10.2 Å². The minimum absolute atomic E-state index is 0.0921. The highest BCUT2D eigenvalue weighted by Gasteiger charge is 2.36. The number of anilines is 1. The van der Waals surface area contributed by atoms with Crippen molar-refractivity contribution in [2.75, 3.05) is 5.01 Å². The lowest BCUT2D eigenvalue weighted by atomic mass is 9.93. The first-order valence-corrected chi connectivity index (χ1v) is 8.71. The van der Waals surface area contributed by atoms with Gasteiger partial charge in [0, 0.05) is 18.4 Å². The molecule has 2 aliphatic rings. The number of furan rings is 1. The second kappa shape index (κ2) is 6.67. The number of para-hydroxylation sites is 1. The van der Waals surface area contributed by atoms with Crippen molar-refractivity contribution in [3.63, 3.8) is 0 Å². The van der Waals surface area contributed by atoms with E-state index in [1.54, 1.807) is 6.26 Å². The second-order valence-corrected chi connectivity index (χ2v) is 6.57. The van der Waals surface area contributed by atoms with E-state index in [9.17, 15) is 9.59 Å². The summed E-state index contributed by atoms with van der Waals surface area (Å²) in [4.78, 5) is 24.6. The van der Waals surface area contributed by atoms with Gasteiger partial charge in [-0.15, -0.1) is 0 Å². The number of amides is 2. The molecule has 1 aromatic carbocycles. The molecule has 2 aromatic rings. The molecule has 134 valence electrons. The number of rotatable bonds is 4. The fourth-order valence-corrected chi connectivity index (χ4v) is 3.57. The van der Waals surface area contributed by atoms with Gasteiger partial charge < -0.3 is 15.5 Å². The molecule has 26 heavy (non-hydrogen) atoms. The molecule has 2 heterocycles. The number of carbonyl (C=O) groups is 2. The molecule has 1 aromatic heterocycles. The van der Waals surface area contributed by atoms with E-state index in [2.05, 4.69) is 10.4 Å². The first-order chi connectivity index (χ1) is 12.6. The number of hydrogen-bond donors (Lipinski definition) is 2. The van der Waals surface area contributed by atoms with Gasteiger partial charge >= 0.3 is 0 Å². The molecule has 2 amide bonds. The maximum absolute atomic E-state index is 12.7. The maximum Gasteiger partial charge on any atom is 0.268 e. The first-order valence-electron chi connectivity index (χ1n) is 8.71. The Hall–Kier alpha value is -3.09. The SMILES string of the molecule is NC(=O)C1CC(C(=O)NC2CCCc3occc32)=NN1c1ccccc1. The van der Waals surface area contributed by atoms with E-state index in [1.807, 2.05) is 36.4 Å². The Morgan fingerprint density at radius 1 is 1.23 bits per heavy atom. The Labute approximate surface area is 150 Å². The van der Waals surface area contributed by atoms with Crippen LogP contribution in [0.15, 0.2) is 52.2 Å². The predicted molar refractivity (Wildman–Crippen MR) is 96.5 cm³/mol. The molecule has 7 heteroatoms. The molecule has 0 bridgehead atoms. The lowest BCUT2D eigenvalue weighted by molar-refractivity contribution is -0.119. The third kappa shape index (κ3) is 2.96. The number of nitrogens with two attached hydrogens (primary N) is 1. The number of hydrogen-bond acceptors (Lipinski definition) is 5. The van der Waals surface area contributed by atoms with Gasteiger partial charge in [0.1, 0.15) is 17.5 Å². The zero-order chi connectivity index (χ0) is 18.1. The molecule has 1 aliphatic heterocycles. The van der Waals surface area contributed by atoms with Crippen LogP contribution in [0, 0.1) is 0 Å². The van der Waals surface area contributed by atoms with E-state index in [1.165, 1.54) is 5.01 Å². The van der Waals surface area contributed by atoms with E-state index in [0.29, 0.717) is 5.71 Å². The zero-order valence-electron chi connectivity index (χ0n) is 14.2. The summed E-state index contributed by atoms with van der Waals surface area (Å²) in [6, 6.07) is 10.4. The average Bonchev–Trinajstić information content (AvgIpc) is 3.30. The van der Waals surface area contributed by atoms with Gasteiger partial charge in [0.05, 0.1) is 18.0 Å². The fourth-order valence-electron chi connectivity index (χ4n) is 3.57. The van der Waals surface area contributed by atoms with Gasteiger partial charge in [0.2, 0.25) is 5.91 Å². The summed E-state index contributed by atoms with van der Waals surface area (Å²) >= 11 is 0. The standard InChI is InChI=1S/C19H20N4O3/c20-18(24)16-11-15(22-23(16)12-5-2-1-3-6-12)19(25)21-14-7-4-8-17-13(14)9-10-26-17/h1-3,5-6,9-10,14,16H,4,7-8,11H2,(H2,20,24)(H,21,25). The van der Waals surface area contributed by atoms with Gasteiger partial charge in [0.25, 0.3) is 5.91 Å². The molecular weight excluding hydrogens is 332 g/mol. The van der Waals surface area contributed by atoms with Crippen molar-refractivity contribution < 1.29 is 14.0 Å². The minimum atomic E-state index is -0.658. The summed E-state index contributed by atoms with van der Waals surface area (Å²) in [5.41, 5.74) is 7.59. The summed E-state index contributed by atoms with van der Waals surface area (Å²) in [5, 5.41) is 8.94. The van der Waals surface area contributed by atoms with Gasteiger partial charge in [0.15, 0.2) is 0 Å². The van der Waals surface area contributed by atoms with Crippen LogP contribution in [-0.2, 0) is 16.0 Å². The number of primary amides is 1. The normalized spacial score (nSPS) is 21.8. The molecule has 0 saturated carbocycles. The number of aryl methyl sites for hydroxylation is 1. The van der Waals surface area contributed by atoms with Crippen LogP contribution in [-0.4, -0.2) is 23.6 Å². The summed E-state index contributed by atoms with van der Waals surface area (Å²) in [6.45, 7) is 0. The van der Waals surface area contributed by atoms with E-state index in [-0.39, 0.29) is 18.4 Å². The van der Waals surface area contributed by atoms with Gasteiger partial charge in [-0.05, 0) is 31.0 Å². The van der Waals surface area contributed by atoms with Crippen molar-refractivity contribution in [1.82, 2.24) is 5.32 Å². The number of fused-ring (bicyclic) bond motifs is 1. The first kappa shape index (κ1) is 16.4. The van der Waals surface area contributed by atoms with Crippen LogP contribution in [0.3, 0.4) is 0 Å². The van der Waals surface area contributed by atoms with Gasteiger partial charge in [-0.3, -0.25) is 14.6 Å². The van der Waals surface area contributed by atoms with Crippen LogP contribution in [0.4, 0.5) is 5.69 Å². The molecule has 4 rings (SSSR count). The topological polar surface area (TPSA) is 101 Å². The molecule has 2 atom stereocenters. The second-order valence-electron chi connectivity index (χ2n) is 6.57. The number of carbonyl (C=O) groups excluding carboxylic acids is 2. The van der Waals surface area contributed by atoms with Crippen LogP contribution < -0.4 is 16.1 Å². The molecule has 0 spiro atoms. The quantitative estimate of drug-likeness (QED) is 0.877. The van der Waals surface area contributed by atoms with Crippen molar-refractivity contribution in [1.29, 1.82) is 0 Å². The van der Waals surface area contributed by atoms with Gasteiger partial charge in [-0.2, -0.15) is 5.10 Å². The van der Waals surface area contributed by atoms with Crippen LogP contribution in [0.5, 0.6) is 0 Å². The summed E-state index contributed by atoms with van der Waals surface area (Å²) in [5.74, 6) is 0.153. The number of nitrogens with one attached hydrogen (secondary N) is 1. The highest BCUT2D eigenvalue weighted by Crippen LogP contribution is 2.31. The minimum Gasteiger partial charge on any atom is -0.469 e. The predicted octanol–water partition coefficient (Wildman–Crippen LogP) is 1.89. The third-order valence-corrected chi connectivity index (χ3v) is 4.88. The van der Waals surface area contributed by atoms with Crippen LogP contribution in [0.25, 0.3) is 0 Å². The molecule has 0 saturated heterocycles. The smallest absolute Gasteiger partial charge is 0.268 e. The summed E-state index contributed by atoms with van der Waals surface area (Å²) in [7, 11) is 0. The third-order valence-electron chi connectivity index (χ3n) is 4.88. The Morgan fingerprint density at radius 2 is 2.04 bits per heavy atom. The maximum atomic E-state index is 12.7. The van der Waals surface area contributed by atoms with E-state index in [0.717, 1.165) is 36.3 Å². The van der Waals surface area contributed by atoms with Gasteiger partial charge in [-0.1, -0.05) is 18.2 Å². The Morgan fingerprint density at radius 3 is 2.81 bits per heavy atom. The average molecular weight is 352 g/mol. The number of benzene rings is 1. The fraction of sp³-hybridized carbons (Fsp3) is 0.316. The van der Waals surface area contributed by atoms with E-state index >= 15 is 0 Å². The molecule has 0 radical (unpaired) electrons. The summed E-state index contributed by atoms with van der Waals surface area (Å²) in [6.07, 6.45) is 4.55. The number of nitrogens with zero attached hydrogens (tertiary/aromatic N) is 2. The molecular formula is C19H20N4O3. The molecule has 2 unspecified atom stereocenters. The molecule has 3 N–H and O–H groups in total. The number of hydrazone groups is 1. The van der Waals surface area contributed by atoms with Crippen molar-refractivity contribution >= 4 is 23.2 Å². The molecule has 7 nitrogen and oxygen atoms in total. The Kier molecular flexibility index (Phi) is 4.20. The highest BCUT2D eigenvalue weighted by molar-refractivity contribution is 6.40. The van der Waals surface area contributed by atoms with E-state index < -0.39 is 11.9 Å². The lowest BCUT2D eigenvalue weighted by Crippen LogP contribution is -2.40. The molecule has 0 fully saturated rings. The molecule has 1 aliphatic carbocycles. The van der Waals surface area contributed by atoms with Crippen LogP contribution in [0.2, 0.25) is 0 Å². The van der Waals surface area contributed by atoms with Crippen molar-refractivity contribution in [3.8, 4) is 0 Å². The lowest BCUT2D eigenvalue weighted by Gasteiger charge is -2.22. The summed E-state index contributed by atoms with van der Waals surface area (Å²) < 4.78 is 5.47. The van der Waals surface area contributed by atoms with Gasteiger partial charge in [-0.25, -0.2) is 0 Å². The largest absolute Gasteiger partial charge is 0.469 e.